The molecule has 0 aliphatic carbocycles. The fourth-order valence-corrected chi connectivity index (χ4v) is 44.6. The van der Waals surface area contributed by atoms with E-state index in [2.05, 4.69) is 58.9 Å². The Kier molecular flexibility index (Phi) is 4.59. The number of rotatable bonds is 4. The number of hydrogen-bond acceptors (Lipinski definition) is 1. The Labute approximate surface area is 107 Å². The molecular formula is C11H30OSi4. The highest BCUT2D eigenvalue weighted by Crippen LogP contribution is 2.53. The molecule has 0 N–H and O–H groups in total. The van der Waals surface area contributed by atoms with Crippen LogP contribution in [0.15, 0.2) is 0 Å². The molecule has 0 rings (SSSR count). The smallest absolute Gasteiger partial charge is 0.271 e. The fourth-order valence-electron chi connectivity index (χ4n) is 4.96. The Hall–Kier alpha value is 0.668. The maximum absolute atomic E-state index is 12.7. The molecule has 0 saturated carbocycles. The second kappa shape index (κ2) is 4.40. The lowest BCUT2D eigenvalue weighted by Crippen LogP contribution is -2.69. The van der Waals surface area contributed by atoms with Gasteiger partial charge in [-0.2, -0.15) is 0 Å². The van der Waals surface area contributed by atoms with Crippen LogP contribution < -0.4 is 0 Å². The molecule has 0 bridgehead atoms. The van der Waals surface area contributed by atoms with Crippen molar-refractivity contribution in [3.05, 3.63) is 0 Å². The average Bonchev–Trinajstić information content (AvgIpc) is 1.71. The monoisotopic (exact) mass is 290 g/mol. The third-order valence-corrected chi connectivity index (χ3v) is 35.1. The zero-order valence-electron chi connectivity index (χ0n) is 12.9. The highest BCUT2D eigenvalue weighted by atomic mass is 28.5. The van der Waals surface area contributed by atoms with E-state index < -0.39 is 32.9 Å². The molecule has 0 unspecified atom stereocenters. The van der Waals surface area contributed by atoms with Gasteiger partial charge in [0.2, 0.25) is 0 Å². The average molecular weight is 291 g/mol. The van der Waals surface area contributed by atoms with Gasteiger partial charge in [0.15, 0.2) is 0 Å². The quantitative estimate of drug-likeness (QED) is 0.701. The van der Waals surface area contributed by atoms with Crippen LogP contribution in [0.3, 0.4) is 0 Å². The molecule has 1 nitrogen and oxygen atoms in total. The third kappa shape index (κ3) is 2.42. The molecular weight excluding hydrogens is 260 g/mol. The normalized spacial score (nSPS) is 15.1. The van der Waals surface area contributed by atoms with Gasteiger partial charge in [0, 0.05) is 24.2 Å². The van der Waals surface area contributed by atoms with E-state index in [1.807, 2.05) is 6.55 Å². The molecule has 0 fully saturated rings. The van der Waals surface area contributed by atoms with Crippen molar-refractivity contribution in [3.63, 3.8) is 0 Å². The van der Waals surface area contributed by atoms with Gasteiger partial charge in [0.05, 0.1) is 0 Å². The van der Waals surface area contributed by atoms with Crippen molar-refractivity contribution in [3.8, 4) is 0 Å². The van der Waals surface area contributed by atoms with Crippen LogP contribution in [0.1, 0.15) is 0 Å². The van der Waals surface area contributed by atoms with Gasteiger partial charge in [-0.1, -0.05) is 58.9 Å². The summed E-state index contributed by atoms with van der Waals surface area (Å²) in [7, 11) is -5.71. The number of hydrogen-bond donors (Lipinski definition) is 0. The van der Waals surface area contributed by atoms with Crippen molar-refractivity contribution in [1.82, 2.24) is 0 Å². The van der Waals surface area contributed by atoms with E-state index in [1.165, 1.54) is 0 Å². The summed E-state index contributed by atoms with van der Waals surface area (Å²) in [6, 6.07) is 0. The first-order chi connectivity index (χ1) is 6.69. The molecule has 0 aromatic rings. The van der Waals surface area contributed by atoms with Crippen molar-refractivity contribution in [2.75, 3.05) is 0 Å². The maximum Gasteiger partial charge on any atom is 0.271 e. The lowest BCUT2D eigenvalue weighted by atomic mass is 11.6. The van der Waals surface area contributed by atoms with Crippen molar-refractivity contribution in [2.24, 2.45) is 0 Å². The largest absolute Gasteiger partial charge is 0.389 e. The van der Waals surface area contributed by atoms with Crippen LogP contribution in [-0.4, -0.2) is 32.9 Å². The summed E-state index contributed by atoms with van der Waals surface area (Å²) >= 11 is 0. The standard InChI is InChI=1S/C11H30OSi4/c1-13(12)11(14(2,3)4,15(5,6)7)16(8,9)10/h1-10H3. The Morgan fingerprint density at radius 3 is 0.875 bits per heavy atom. The molecule has 5 heteroatoms. The van der Waals surface area contributed by atoms with Gasteiger partial charge in [0.25, 0.3) is 8.68 Å². The summed E-state index contributed by atoms with van der Waals surface area (Å²) in [6.07, 6.45) is 0. The van der Waals surface area contributed by atoms with E-state index in [0.29, 0.717) is 0 Å². The lowest BCUT2D eigenvalue weighted by Gasteiger charge is -2.57. The molecule has 96 valence electrons. The van der Waals surface area contributed by atoms with Crippen LogP contribution >= 0.6 is 0 Å². The lowest BCUT2D eigenvalue weighted by molar-refractivity contribution is 0.561. The summed E-state index contributed by atoms with van der Waals surface area (Å²) in [5.74, 6) is 0. The van der Waals surface area contributed by atoms with Crippen LogP contribution in [0.2, 0.25) is 69.4 Å². The summed E-state index contributed by atoms with van der Waals surface area (Å²) in [4.78, 5) is 0. The van der Waals surface area contributed by atoms with Crippen molar-refractivity contribution >= 4 is 32.9 Å². The van der Waals surface area contributed by atoms with Gasteiger partial charge in [0.1, 0.15) is 0 Å². The summed E-state index contributed by atoms with van der Waals surface area (Å²) in [6.45, 7) is 24.0. The Morgan fingerprint density at radius 2 is 0.875 bits per heavy atom. The van der Waals surface area contributed by atoms with E-state index >= 15 is 0 Å². The van der Waals surface area contributed by atoms with Crippen LogP contribution in [-0.2, 0) is 4.46 Å². The van der Waals surface area contributed by atoms with Crippen molar-refractivity contribution in [1.29, 1.82) is 0 Å². The minimum atomic E-state index is -1.47. The van der Waals surface area contributed by atoms with E-state index in [-0.39, 0.29) is 3.91 Å². The minimum Gasteiger partial charge on any atom is -0.389 e. The van der Waals surface area contributed by atoms with Gasteiger partial charge < -0.3 is 4.46 Å². The van der Waals surface area contributed by atoms with Gasteiger partial charge in [-0.15, -0.1) is 0 Å². The van der Waals surface area contributed by atoms with Crippen LogP contribution in [0.4, 0.5) is 0 Å². The highest BCUT2D eigenvalue weighted by Gasteiger charge is 2.63. The molecule has 0 aromatic carbocycles. The van der Waals surface area contributed by atoms with Crippen LogP contribution in [0.25, 0.3) is 0 Å². The Morgan fingerprint density at radius 1 is 0.688 bits per heavy atom. The van der Waals surface area contributed by atoms with Crippen LogP contribution in [0.5, 0.6) is 0 Å². The zero-order valence-corrected chi connectivity index (χ0v) is 16.9. The van der Waals surface area contributed by atoms with Gasteiger partial charge >= 0.3 is 0 Å². The first-order valence-corrected chi connectivity index (χ1v) is 18.6. The summed E-state index contributed by atoms with van der Waals surface area (Å²) in [5.41, 5.74) is 0. The summed E-state index contributed by atoms with van der Waals surface area (Å²) < 4.78 is 13.0. The molecule has 0 amide bonds. The maximum atomic E-state index is 12.7. The highest BCUT2D eigenvalue weighted by molar-refractivity contribution is 7.24. The Balaban J connectivity index is 6.17. The molecule has 0 radical (unpaired) electrons. The molecule has 0 aliphatic heterocycles. The van der Waals surface area contributed by atoms with E-state index in [1.54, 1.807) is 0 Å². The molecule has 0 heterocycles. The second-order valence-corrected chi connectivity index (χ2v) is 28.7. The molecule has 0 saturated heterocycles. The van der Waals surface area contributed by atoms with Crippen molar-refractivity contribution < 1.29 is 4.46 Å². The first kappa shape index (κ1) is 16.7. The summed E-state index contributed by atoms with van der Waals surface area (Å²) in [5, 5.41) is 0. The Bertz CT molecular complexity index is 242. The second-order valence-electron chi connectivity index (χ2n) is 8.06. The zero-order chi connectivity index (χ0) is 13.6. The van der Waals surface area contributed by atoms with E-state index in [4.69, 9.17) is 0 Å². The molecule has 0 aliphatic rings. The SMILES string of the molecule is C[Si](=O)C([Si](C)(C)C)([Si](C)(C)C)[Si](C)(C)C. The molecule has 16 heavy (non-hydrogen) atoms. The van der Waals surface area contributed by atoms with Gasteiger partial charge in [-0.05, 0) is 10.5 Å². The molecule has 0 atom stereocenters. The van der Waals surface area contributed by atoms with E-state index in [9.17, 15) is 4.46 Å². The van der Waals surface area contributed by atoms with Crippen molar-refractivity contribution in [2.45, 2.75) is 69.4 Å². The predicted molar refractivity (Wildman–Crippen MR) is 85.0 cm³/mol. The molecule has 0 spiro atoms. The molecule has 0 aromatic heterocycles. The fraction of sp³-hybridized carbons (Fsp3) is 1.00. The minimum absolute atomic E-state index is 0.275. The van der Waals surface area contributed by atoms with E-state index in [0.717, 1.165) is 0 Å². The topological polar surface area (TPSA) is 17.1 Å². The first-order valence-electron chi connectivity index (χ1n) is 6.20. The predicted octanol–water partition coefficient (Wildman–Crippen LogP) is 4.41. The third-order valence-electron chi connectivity index (χ3n) is 3.90. The van der Waals surface area contributed by atoms with Gasteiger partial charge in [-0.3, -0.25) is 0 Å². The van der Waals surface area contributed by atoms with Gasteiger partial charge in [-0.25, -0.2) is 0 Å². The van der Waals surface area contributed by atoms with Crippen LogP contribution in [0, 0.1) is 0 Å².